The summed E-state index contributed by atoms with van der Waals surface area (Å²) in [6, 6.07) is 12.9. The van der Waals surface area contributed by atoms with Crippen LogP contribution in [0.1, 0.15) is 16.2 Å². The van der Waals surface area contributed by atoms with Crippen LogP contribution in [0.25, 0.3) is 11.5 Å². The first-order chi connectivity index (χ1) is 12.9. The van der Waals surface area contributed by atoms with Crippen molar-refractivity contribution >= 4 is 27.6 Å². The number of ether oxygens (including phenoxy) is 1. The summed E-state index contributed by atoms with van der Waals surface area (Å²) in [7, 11) is -2.56. The van der Waals surface area contributed by atoms with Gasteiger partial charge < -0.3 is 9.15 Å². The minimum Gasteiger partial charge on any atom is -0.452 e. The van der Waals surface area contributed by atoms with E-state index in [9.17, 15) is 13.2 Å². The molecular formula is C17H14ClN3O5S. The lowest BCUT2D eigenvalue weighted by Crippen LogP contribution is -2.19. The minimum atomic E-state index is -3.81. The second-order valence-corrected chi connectivity index (χ2v) is 7.56. The molecule has 0 atom stereocenters. The third-order valence-electron chi connectivity index (χ3n) is 3.54. The van der Waals surface area contributed by atoms with E-state index in [0.29, 0.717) is 5.89 Å². The summed E-state index contributed by atoms with van der Waals surface area (Å²) in [4.78, 5) is 12.0. The highest BCUT2D eigenvalue weighted by Gasteiger charge is 2.19. The van der Waals surface area contributed by atoms with Gasteiger partial charge in [0, 0.05) is 5.56 Å². The van der Waals surface area contributed by atoms with E-state index in [1.807, 2.05) is 18.2 Å². The molecule has 3 aromatic rings. The Morgan fingerprint density at radius 3 is 2.63 bits per heavy atom. The first-order valence-corrected chi connectivity index (χ1v) is 9.55. The Kier molecular flexibility index (Phi) is 5.54. The summed E-state index contributed by atoms with van der Waals surface area (Å²) in [6.45, 7) is -0.255. The predicted molar refractivity (Wildman–Crippen MR) is 96.6 cm³/mol. The normalized spacial score (nSPS) is 11.3. The molecule has 0 spiro atoms. The van der Waals surface area contributed by atoms with Crippen LogP contribution < -0.4 is 4.72 Å². The Labute approximate surface area is 160 Å². The van der Waals surface area contributed by atoms with Gasteiger partial charge in [0.1, 0.15) is 4.90 Å². The summed E-state index contributed by atoms with van der Waals surface area (Å²) >= 11 is 5.89. The maximum Gasteiger partial charge on any atom is 0.338 e. The summed E-state index contributed by atoms with van der Waals surface area (Å²) in [6.07, 6.45) is 0. The molecule has 1 N–H and O–H groups in total. The molecule has 0 unspecified atom stereocenters. The first kappa shape index (κ1) is 19.0. The van der Waals surface area contributed by atoms with Crippen molar-refractivity contribution in [2.45, 2.75) is 11.5 Å². The van der Waals surface area contributed by atoms with Gasteiger partial charge in [0.15, 0.2) is 6.61 Å². The second-order valence-electron chi connectivity index (χ2n) is 5.30. The number of hydrogen-bond acceptors (Lipinski definition) is 7. The number of hydrogen-bond donors (Lipinski definition) is 1. The molecule has 0 aliphatic heterocycles. The fraction of sp³-hybridized carbons (Fsp3) is 0.118. The number of nitrogens with one attached hydrogen (secondary N) is 1. The molecule has 3 rings (SSSR count). The van der Waals surface area contributed by atoms with Gasteiger partial charge in [-0.3, -0.25) is 0 Å². The lowest BCUT2D eigenvalue weighted by Gasteiger charge is -2.07. The van der Waals surface area contributed by atoms with Crippen LogP contribution in [-0.2, 0) is 21.4 Å². The van der Waals surface area contributed by atoms with E-state index in [-0.39, 0.29) is 28.0 Å². The zero-order chi connectivity index (χ0) is 19.4. The van der Waals surface area contributed by atoms with E-state index in [1.165, 1.54) is 19.2 Å². The number of halogens is 1. The first-order valence-electron chi connectivity index (χ1n) is 7.69. The summed E-state index contributed by atoms with van der Waals surface area (Å²) in [5.74, 6) is -0.339. The number of benzene rings is 2. The van der Waals surface area contributed by atoms with Gasteiger partial charge in [-0.1, -0.05) is 29.8 Å². The zero-order valence-corrected chi connectivity index (χ0v) is 15.6. The topological polar surface area (TPSA) is 111 Å². The highest BCUT2D eigenvalue weighted by molar-refractivity contribution is 7.89. The molecule has 0 saturated heterocycles. The van der Waals surface area contributed by atoms with E-state index < -0.39 is 16.0 Å². The average molecular weight is 408 g/mol. The van der Waals surface area contributed by atoms with Crippen molar-refractivity contribution in [1.82, 2.24) is 14.9 Å². The number of esters is 1. The van der Waals surface area contributed by atoms with E-state index in [4.69, 9.17) is 20.8 Å². The number of nitrogens with zero attached hydrogens (tertiary/aromatic N) is 2. The van der Waals surface area contributed by atoms with Crippen LogP contribution in [0.4, 0.5) is 0 Å². The van der Waals surface area contributed by atoms with Gasteiger partial charge in [0.25, 0.3) is 5.89 Å². The van der Waals surface area contributed by atoms with Gasteiger partial charge >= 0.3 is 5.97 Å². The van der Waals surface area contributed by atoms with E-state index >= 15 is 0 Å². The fourth-order valence-corrected chi connectivity index (χ4v) is 3.42. The third kappa shape index (κ3) is 4.33. The molecular weight excluding hydrogens is 394 g/mol. The van der Waals surface area contributed by atoms with Gasteiger partial charge in [-0.15, -0.1) is 10.2 Å². The van der Waals surface area contributed by atoms with Crippen LogP contribution in [0, 0.1) is 0 Å². The Bertz CT molecular complexity index is 1070. The van der Waals surface area contributed by atoms with Crippen LogP contribution in [0.2, 0.25) is 5.02 Å². The van der Waals surface area contributed by atoms with Crippen molar-refractivity contribution in [2.24, 2.45) is 0 Å². The molecule has 0 amide bonds. The Balaban J connectivity index is 1.72. The van der Waals surface area contributed by atoms with Gasteiger partial charge in [-0.05, 0) is 37.4 Å². The van der Waals surface area contributed by atoms with E-state index in [0.717, 1.165) is 11.6 Å². The smallest absolute Gasteiger partial charge is 0.338 e. The molecule has 0 radical (unpaired) electrons. The molecule has 1 heterocycles. The van der Waals surface area contributed by atoms with Crippen LogP contribution in [0.5, 0.6) is 0 Å². The maximum atomic E-state index is 12.2. The summed E-state index contributed by atoms with van der Waals surface area (Å²) in [5, 5.41) is 7.71. The van der Waals surface area contributed by atoms with Crippen molar-refractivity contribution in [3.8, 4) is 11.5 Å². The van der Waals surface area contributed by atoms with Crippen LogP contribution in [-0.4, -0.2) is 31.6 Å². The van der Waals surface area contributed by atoms with Gasteiger partial charge in [-0.25, -0.2) is 17.9 Å². The molecule has 140 valence electrons. The Hall–Kier alpha value is -2.75. The Morgan fingerprint density at radius 2 is 1.93 bits per heavy atom. The number of rotatable bonds is 6. The molecule has 0 aliphatic rings. The molecule has 2 aromatic carbocycles. The van der Waals surface area contributed by atoms with Gasteiger partial charge in [0.05, 0.1) is 10.6 Å². The van der Waals surface area contributed by atoms with Gasteiger partial charge in [0.2, 0.25) is 15.9 Å². The van der Waals surface area contributed by atoms with Gasteiger partial charge in [-0.2, -0.15) is 0 Å². The average Bonchev–Trinajstić information content (AvgIpc) is 3.16. The highest BCUT2D eigenvalue weighted by Crippen LogP contribution is 2.23. The standard InChI is InChI=1S/C17H14ClN3O5S/c1-19-27(23,24)14-9-12(7-8-13(14)18)17(22)25-10-15-20-21-16(26-15)11-5-3-2-4-6-11/h2-9,19H,10H2,1H3. The molecule has 1 aromatic heterocycles. The number of sulfonamides is 1. The molecule has 8 nitrogen and oxygen atoms in total. The summed E-state index contributed by atoms with van der Waals surface area (Å²) in [5.41, 5.74) is 0.762. The third-order valence-corrected chi connectivity index (χ3v) is 5.44. The largest absolute Gasteiger partial charge is 0.452 e. The zero-order valence-electron chi connectivity index (χ0n) is 14.0. The van der Waals surface area contributed by atoms with Crippen molar-refractivity contribution in [3.05, 3.63) is 65.0 Å². The highest BCUT2D eigenvalue weighted by atomic mass is 35.5. The maximum absolute atomic E-state index is 12.2. The molecule has 0 aliphatic carbocycles. The number of aromatic nitrogens is 2. The van der Waals surface area contributed by atoms with Crippen LogP contribution in [0.15, 0.2) is 57.8 Å². The van der Waals surface area contributed by atoms with E-state index in [2.05, 4.69) is 14.9 Å². The van der Waals surface area contributed by atoms with Crippen molar-refractivity contribution in [1.29, 1.82) is 0 Å². The summed E-state index contributed by atoms with van der Waals surface area (Å²) < 4.78 is 36.6. The lowest BCUT2D eigenvalue weighted by atomic mass is 10.2. The van der Waals surface area contributed by atoms with Crippen molar-refractivity contribution in [3.63, 3.8) is 0 Å². The number of carbonyl (C=O) groups excluding carboxylic acids is 1. The predicted octanol–water partition coefficient (Wildman–Crippen LogP) is 2.66. The van der Waals surface area contributed by atoms with E-state index in [1.54, 1.807) is 12.1 Å². The second kappa shape index (κ2) is 7.87. The van der Waals surface area contributed by atoms with Crippen LogP contribution >= 0.6 is 11.6 Å². The van der Waals surface area contributed by atoms with Crippen LogP contribution in [0.3, 0.4) is 0 Å². The minimum absolute atomic E-state index is 0.00898. The molecule has 0 fully saturated rings. The quantitative estimate of drug-likeness (QED) is 0.625. The van der Waals surface area contributed by atoms with Crippen molar-refractivity contribution in [2.75, 3.05) is 7.05 Å². The lowest BCUT2D eigenvalue weighted by molar-refractivity contribution is 0.0438. The molecule has 0 bridgehead atoms. The number of carbonyl (C=O) groups is 1. The molecule has 27 heavy (non-hydrogen) atoms. The SMILES string of the molecule is CNS(=O)(=O)c1cc(C(=O)OCc2nnc(-c3ccccc3)o2)ccc1Cl. The Morgan fingerprint density at radius 1 is 1.19 bits per heavy atom. The molecule has 10 heteroatoms. The fourth-order valence-electron chi connectivity index (χ4n) is 2.17. The molecule has 0 saturated carbocycles. The van der Waals surface area contributed by atoms with Crippen molar-refractivity contribution < 1.29 is 22.4 Å². The monoisotopic (exact) mass is 407 g/mol.